The molecule has 3 atom stereocenters. The van der Waals surface area contributed by atoms with E-state index in [1.54, 1.807) is 30.5 Å². The molecule has 2 heterocycles. The van der Waals surface area contributed by atoms with Crippen LogP contribution in [0.25, 0.3) is 0 Å². The van der Waals surface area contributed by atoms with Gasteiger partial charge in [-0.25, -0.2) is 14.4 Å². The lowest BCUT2D eigenvalue weighted by atomic mass is 9.87. The average molecular weight is 636 g/mol. The monoisotopic (exact) mass is 635 g/mol. The van der Waals surface area contributed by atoms with Gasteiger partial charge in [-0.15, -0.1) is 0 Å². The Labute approximate surface area is 265 Å². The molecule has 0 bridgehead atoms. The number of esters is 1. The lowest BCUT2D eigenvalue weighted by molar-refractivity contribution is -0.0367. The summed E-state index contributed by atoms with van der Waals surface area (Å²) < 4.78 is 19.7. The van der Waals surface area contributed by atoms with Crippen LogP contribution in [0.5, 0.6) is 0 Å². The number of aromatic nitrogens is 2. The molecule has 1 fully saturated rings. The Morgan fingerprint density at radius 3 is 2.42 bits per heavy atom. The van der Waals surface area contributed by atoms with Gasteiger partial charge in [0.25, 0.3) is 0 Å². The van der Waals surface area contributed by atoms with E-state index in [1.165, 1.54) is 4.57 Å². The summed E-state index contributed by atoms with van der Waals surface area (Å²) in [6.45, 7) is 15.2. The van der Waals surface area contributed by atoms with Crippen molar-refractivity contribution in [3.63, 3.8) is 0 Å². The summed E-state index contributed by atoms with van der Waals surface area (Å²) in [6.07, 6.45) is 1.72. The molecule has 0 unspecified atom stereocenters. The number of nitrogens with two attached hydrogens (primary N) is 1. The Hall–Kier alpha value is -3.80. The van der Waals surface area contributed by atoms with Crippen molar-refractivity contribution in [3.8, 4) is 0 Å². The van der Waals surface area contributed by atoms with Crippen LogP contribution in [0.2, 0.25) is 18.1 Å². The van der Waals surface area contributed by atoms with E-state index >= 15 is 0 Å². The quantitative estimate of drug-likeness (QED) is 0.147. The zero-order chi connectivity index (χ0) is 33.1. The number of ether oxygens (including phenoxy) is 2. The van der Waals surface area contributed by atoms with Crippen LogP contribution in [0.15, 0.2) is 53.5 Å². The Kier molecular flexibility index (Phi) is 10.4. The van der Waals surface area contributed by atoms with Gasteiger partial charge in [0.2, 0.25) is 0 Å². The van der Waals surface area contributed by atoms with Crippen LogP contribution in [-0.4, -0.2) is 54.2 Å². The first-order chi connectivity index (χ1) is 21.1. The van der Waals surface area contributed by atoms with Crippen molar-refractivity contribution in [2.24, 2.45) is 0 Å². The SMILES string of the molecule is Cc1ccc(C(=O)OC[C@@H]2O[C@H](n3cc(CCCO[Si](C)(C)C(C)(C)C)c(N)nc3=O)C[C@H]2c2cc(C)ccc2C(=O)O)cc1. The number of carboxylic acids is 1. The van der Waals surface area contributed by atoms with Crippen molar-refractivity contribution in [1.82, 2.24) is 9.55 Å². The van der Waals surface area contributed by atoms with E-state index in [-0.39, 0.29) is 29.4 Å². The second-order valence-electron chi connectivity index (χ2n) is 13.4. The Morgan fingerprint density at radius 2 is 1.78 bits per heavy atom. The predicted molar refractivity (Wildman–Crippen MR) is 175 cm³/mol. The zero-order valence-electron chi connectivity index (χ0n) is 27.3. The number of anilines is 1. The molecule has 3 aromatic rings. The molecule has 0 amide bonds. The molecule has 0 spiro atoms. The molecule has 3 N–H and O–H groups in total. The highest BCUT2D eigenvalue weighted by Gasteiger charge is 2.41. The topological polar surface area (TPSA) is 143 Å². The number of benzene rings is 2. The number of hydrogen-bond acceptors (Lipinski definition) is 8. The van der Waals surface area contributed by atoms with E-state index in [0.717, 1.165) is 11.1 Å². The highest BCUT2D eigenvalue weighted by atomic mass is 28.4. The number of aromatic carboxylic acids is 1. The number of rotatable bonds is 11. The number of nitrogen functional groups attached to an aromatic ring is 1. The molecule has 10 nitrogen and oxygen atoms in total. The third-order valence-electron chi connectivity index (χ3n) is 8.97. The fourth-order valence-electron chi connectivity index (χ4n) is 5.22. The fraction of sp³-hybridized carbons (Fsp3) is 0.471. The maximum absolute atomic E-state index is 13.1. The van der Waals surface area contributed by atoms with Gasteiger partial charge < -0.3 is 24.7 Å². The molecule has 2 aromatic carbocycles. The minimum absolute atomic E-state index is 0.0972. The van der Waals surface area contributed by atoms with Crippen molar-refractivity contribution < 1.29 is 28.6 Å². The number of hydrogen-bond donors (Lipinski definition) is 2. The van der Waals surface area contributed by atoms with E-state index in [0.29, 0.717) is 36.1 Å². The summed E-state index contributed by atoms with van der Waals surface area (Å²) >= 11 is 0. The van der Waals surface area contributed by atoms with E-state index in [1.807, 2.05) is 32.0 Å². The van der Waals surface area contributed by atoms with E-state index in [4.69, 9.17) is 19.6 Å². The number of carbonyl (C=O) groups excluding carboxylic acids is 1. The maximum atomic E-state index is 13.1. The smallest absolute Gasteiger partial charge is 0.351 e. The third-order valence-corrected chi connectivity index (χ3v) is 13.5. The molecule has 0 aliphatic carbocycles. The molecular formula is C34H45N3O7Si. The molecule has 0 radical (unpaired) electrons. The van der Waals surface area contributed by atoms with Gasteiger partial charge in [0, 0.05) is 30.7 Å². The summed E-state index contributed by atoms with van der Waals surface area (Å²) in [5.74, 6) is -1.90. The lowest BCUT2D eigenvalue weighted by Gasteiger charge is -2.36. The highest BCUT2D eigenvalue weighted by Crippen LogP contribution is 2.42. The van der Waals surface area contributed by atoms with Gasteiger partial charge in [0.1, 0.15) is 24.8 Å². The molecule has 1 aliphatic heterocycles. The third kappa shape index (κ3) is 8.08. The van der Waals surface area contributed by atoms with Crippen LogP contribution in [-0.2, 0) is 20.3 Å². The van der Waals surface area contributed by atoms with Gasteiger partial charge >= 0.3 is 17.6 Å². The number of carbonyl (C=O) groups is 2. The fourth-order valence-corrected chi connectivity index (χ4v) is 6.31. The lowest BCUT2D eigenvalue weighted by Crippen LogP contribution is -2.41. The molecule has 1 saturated heterocycles. The Bertz CT molecular complexity index is 1590. The summed E-state index contributed by atoms with van der Waals surface area (Å²) in [4.78, 5) is 42.2. The second-order valence-corrected chi connectivity index (χ2v) is 18.2. The predicted octanol–water partition coefficient (Wildman–Crippen LogP) is 6.02. The number of nitrogens with zero attached hydrogens (tertiary/aromatic N) is 2. The molecule has 242 valence electrons. The molecular weight excluding hydrogens is 590 g/mol. The van der Waals surface area contributed by atoms with E-state index in [2.05, 4.69) is 38.8 Å². The van der Waals surface area contributed by atoms with Gasteiger partial charge in [0.15, 0.2) is 8.32 Å². The van der Waals surface area contributed by atoms with Gasteiger partial charge in [-0.05, 0) is 68.6 Å². The Morgan fingerprint density at radius 1 is 1.11 bits per heavy atom. The summed E-state index contributed by atoms with van der Waals surface area (Å²) in [6, 6.07) is 12.1. The van der Waals surface area contributed by atoms with Crippen molar-refractivity contribution in [2.75, 3.05) is 18.9 Å². The van der Waals surface area contributed by atoms with Crippen LogP contribution < -0.4 is 11.4 Å². The molecule has 1 aliphatic rings. The first kappa shape index (κ1) is 34.1. The van der Waals surface area contributed by atoms with Gasteiger partial charge in [-0.1, -0.05) is 56.2 Å². The zero-order valence-corrected chi connectivity index (χ0v) is 28.3. The molecule has 0 saturated carbocycles. The molecule has 1 aromatic heterocycles. The molecule has 45 heavy (non-hydrogen) atoms. The molecule has 4 rings (SSSR count). The van der Waals surface area contributed by atoms with Crippen LogP contribution in [0.1, 0.15) is 88.7 Å². The van der Waals surface area contributed by atoms with E-state index < -0.39 is 44.2 Å². The largest absolute Gasteiger partial charge is 0.478 e. The maximum Gasteiger partial charge on any atom is 0.351 e. The van der Waals surface area contributed by atoms with Crippen LogP contribution >= 0.6 is 0 Å². The van der Waals surface area contributed by atoms with Crippen molar-refractivity contribution >= 4 is 26.1 Å². The summed E-state index contributed by atoms with van der Waals surface area (Å²) in [5, 5.41) is 10.1. The van der Waals surface area contributed by atoms with Crippen molar-refractivity contribution in [2.45, 2.75) is 90.3 Å². The van der Waals surface area contributed by atoms with Crippen molar-refractivity contribution in [1.29, 1.82) is 0 Å². The van der Waals surface area contributed by atoms with Crippen LogP contribution in [0.4, 0.5) is 5.82 Å². The first-order valence-corrected chi connectivity index (χ1v) is 18.2. The second kappa shape index (κ2) is 13.7. The van der Waals surface area contributed by atoms with Gasteiger partial charge in [-0.3, -0.25) is 4.57 Å². The first-order valence-electron chi connectivity index (χ1n) is 15.3. The minimum atomic E-state index is -1.90. The van der Waals surface area contributed by atoms with Crippen LogP contribution in [0.3, 0.4) is 0 Å². The normalized spacial score (nSPS) is 18.6. The van der Waals surface area contributed by atoms with Crippen molar-refractivity contribution in [3.05, 3.63) is 92.5 Å². The minimum Gasteiger partial charge on any atom is -0.478 e. The van der Waals surface area contributed by atoms with Gasteiger partial charge in [0.05, 0.1) is 11.1 Å². The Balaban J connectivity index is 1.58. The average Bonchev–Trinajstić information content (AvgIpc) is 3.38. The van der Waals surface area contributed by atoms with Crippen LogP contribution in [0, 0.1) is 13.8 Å². The number of aryl methyl sites for hydroxylation is 3. The molecule has 11 heteroatoms. The van der Waals surface area contributed by atoms with Gasteiger partial charge in [-0.2, -0.15) is 4.98 Å². The number of carboxylic acid groups (broad SMARTS) is 1. The summed E-state index contributed by atoms with van der Waals surface area (Å²) in [5.41, 5.74) is 9.27. The summed E-state index contributed by atoms with van der Waals surface area (Å²) in [7, 11) is -1.90. The van der Waals surface area contributed by atoms with E-state index in [9.17, 15) is 19.5 Å². The highest BCUT2D eigenvalue weighted by molar-refractivity contribution is 6.74. The standard InChI is InChI=1S/C34H45N3O7Si/c1-21-10-13-23(14-11-21)32(40)42-20-28-27(26-17-22(2)12-15-25(26)31(38)39)18-29(44-28)37-19-24(30(35)36-33(37)41)9-8-16-43-45(6,7)34(3,4)5/h10-15,17,19,27-29H,8-9,16,18,20H2,1-7H3,(H,38,39)(H2,35,36,41)/t27-,28-,29-/m0/s1.